The minimum atomic E-state index is 0.983. The zero-order valence-corrected chi connectivity index (χ0v) is 5.38. The van der Waals surface area contributed by atoms with Crippen LogP contribution in [0.15, 0.2) is 16.8 Å². The molecule has 2 aliphatic heterocycles. The van der Waals surface area contributed by atoms with Crippen molar-refractivity contribution >= 4 is 6.21 Å². The van der Waals surface area contributed by atoms with Crippen LogP contribution in [0.25, 0.3) is 0 Å². The predicted octanol–water partition coefficient (Wildman–Crippen LogP) is 0.660. The molecule has 0 N–H and O–H groups in total. The Hall–Kier alpha value is -0.790. The molecule has 2 rings (SSSR count). The summed E-state index contributed by atoms with van der Waals surface area (Å²) in [5.74, 6) is 0. The third-order valence-electron chi connectivity index (χ3n) is 1.84. The number of nitrogens with zero attached hydrogens (tertiary/aromatic N) is 2. The van der Waals surface area contributed by atoms with Crippen molar-refractivity contribution in [2.75, 3.05) is 19.6 Å². The van der Waals surface area contributed by atoms with Gasteiger partial charge in [0.05, 0.1) is 12.2 Å². The van der Waals surface area contributed by atoms with Crippen LogP contribution in [-0.4, -0.2) is 30.7 Å². The Morgan fingerprint density at radius 1 is 1.44 bits per heavy atom. The molecule has 0 aromatic carbocycles. The first kappa shape index (κ1) is 5.03. The number of aliphatic imine (C=N–C) groups is 1. The van der Waals surface area contributed by atoms with E-state index in [0.29, 0.717) is 0 Å². The maximum atomic E-state index is 4.18. The van der Waals surface area contributed by atoms with E-state index in [4.69, 9.17) is 0 Å². The molecule has 48 valence electrons. The fraction of sp³-hybridized carbons (Fsp3) is 0.571. The van der Waals surface area contributed by atoms with Crippen molar-refractivity contribution in [3.8, 4) is 0 Å². The number of allylic oxidation sites excluding steroid dienone is 1. The molecule has 0 aliphatic carbocycles. The van der Waals surface area contributed by atoms with Crippen LogP contribution in [0, 0.1) is 0 Å². The Kier molecular flexibility index (Phi) is 1.04. The molecular formula is C7H10N2. The maximum Gasteiger partial charge on any atom is 0.0565 e. The maximum absolute atomic E-state index is 4.18. The number of hydrogen-bond acceptors (Lipinski definition) is 2. The van der Waals surface area contributed by atoms with Gasteiger partial charge in [0.1, 0.15) is 0 Å². The Labute approximate surface area is 54.9 Å². The van der Waals surface area contributed by atoms with E-state index in [2.05, 4.69) is 16.0 Å². The molecule has 0 spiro atoms. The molecule has 0 radical (unpaired) electrons. The summed E-state index contributed by atoms with van der Waals surface area (Å²) in [6, 6.07) is 0. The summed E-state index contributed by atoms with van der Waals surface area (Å²) < 4.78 is 0. The van der Waals surface area contributed by atoms with Gasteiger partial charge in [0.25, 0.3) is 0 Å². The van der Waals surface area contributed by atoms with Gasteiger partial charge >= 0.3 is 0 Å². The smallest absolute Gasteiger partial charge is 0.0565 e. The molecule has 0 fully saturated rings. The zero-order valence-electron chi connectivity index (χ0n) is 5.38. The average molecular weight is 122 g/mol. The first-order valence-electron chi connectivity index (χ1n) is 3.42. The minimum Gasteiger partial charge on any atom is -0.368 e. The molecule has 0 unspecified atom stereocenters. The highest BCUT2D eigenvalue weighted by atomic mass is 15.2. The quantitative estimate of drug-likeness (QED) is 0.461. The molecule has 2 heterocycles. The molecular weight excluding hydrogens is 112 g/mol. The van der Waals surface area contributed by atoms with Crippen LogP contribution in [0.2, 0.25) is 0 Å². The first-order chi connectivity index (χ1) is 4.47. The lowest BCUT2D eigenvalue weighted by atomic mass is 10.4. The minimum absolute atomic E-state index is 0.983. The van der Waals surface area contributed by atoms with Crippen LogP contribution < -0.4 is 0 Å². The van der Waals surface area contributed by atoms with Crippen molar-refractivity contribution in [3.63, 3.8) is 0 Å². The van der Waals surface area contributed by atoms with E-state index < -0.39 is 0 Å². The van der Waals surface area contributed by atoms with Crippen LogP contribution in [0.4, 0.5) is 0 Å². The molecule has 2 heteroatoms. The second-order valence-electron chi connectivity index (χ2n) is 2.44. The summed E-state index contributed by atoms with van der Waals surface area (Å²) in [6.07, 6.45) is 5.44. The van der Waals surface area contributed by atoms with E-state index in [1.165, 1.54) is 18.7 Å². The topological polar surface area (TPSA) is 15.6 Å². The van der Waals surface area contributed by atoms with Crippen LogP contribution >= 0.6 is 0 Å². The fourth-order valence-electron chi connectivity index (χ4n) is 1.34. The van der Waals surface area contributed by atoms with Gasteiger partial charge in [-0.15, -0.1) is 0 Å². The summed E-state index contributed by atoms with van der Waals surface area (Å²) in [7, 11) is 0. The highest BCUT2D eigenvalue weighted by molar-refractivity contribution is 5.79. The van der Waals surface area contributed by atoms with Crippen molar-refractivity contribution < 1.29 is 0 Å². The third-order valence-corrected chi connectivity index (χ3v) is 1.84. The van der Waals surface area contributed by atoms with Crippen molar-refractivity contribution in [2.45, 2.75) is 6.42 Å². The summed E-state index contributed by atoms with van der Waals surface area (Å²) >= 11 is 0. The lowest BCUT2D eigenvalue weighted by molar-refractivity contribution is 0.395. The average Bonchev–Trinajstić information content (AvgIpc) is 2.33. The summed E-state index contributed by atoms with van der Waals surface area (Å²) in [5, 5.41) is 0. The van der Waals surface area contributed by atoms with Gasteiger partial charge in [-0.25, -0.2) is 0 Å². The van der Waals surface area contributed by atoms with Crippen molar-refractivity contribution in [2.24, 2.45) is 4.99 Å². The van der Waals surface area contributed by atoms with Gasteiger partial charge in [-0.1, -0.05) is 6.08 Å². The van der Waals surface area contributed by atoms with Crippen molar-refractivity contribution in [1.82, 2.24) is 4.90 Å². The van der Waals surface area contributed by atoms with Gasteiger partial charge in [0, 0.05) is 19.3 Å². The van der Waals surface area contributed by atoms with E-state index in [0.717, 1.165) is 13.1 Å². The molecule has 2 nitrogen and oxygen atoms in total. The Bertz CT molecular complexity index is 170. The Morgan fingerprint density at radius 3 is 3.33 bits per heavy atom. The summed E-state index contributed by atoms with van der Waals surface area (Å²) in [6.45, 7) is 3.32. The highest BCUT2D eigenvalue weighted by Gasteiger charge is 2.14. The van der Waals surface area contributed by atoms with E-state index >= 15 is 0 Å². The Morgan fingerprint density at radius 2 is 2.44 bits per heavy atom. The molecule has 0 saturated carbocycles. The molecule has 2 aliphatic rings. The van der Waals surface area contributed by atoms with Crippen molar-refractivity contribution in [3.05, 3.63) is 11.8 Å². The van der Waals surface area contributed by atoms with Crippen molar-refractivity contribution in [1.29, 1.82) is 0 Å². The van der Waals surface area contributed by atoms with E-state index in [9.17, 15) is 0 Å². The van der Waals surface area contributed by atoms with Gasteiger partial charge < -0.3 is 4.90 Å². The van der Waals surface area contributed by atoms with Gasteiger partial charge in [-0.05, 0) is 6.42 Å². The standard InChI is InChI=1S/C7H10N2/c1-2-7-6-8-3-5-9(7)4-1/h2,6H,1,3-5H2. The van der Waals surface area contributed by atoms with E-state index in [-0.39, 0.29) is 0 Å². The second kappa shape index (κ2) is 1.87. The molecule has 0 amide bonds. The number of hydrogen-bond donors (Lipinski definition) is 0. The van der Waals surface area contributed by atoms with E-state index in [1.54, 1.807) is 0 Å². The normalized spacial score (nSPS) is 24.0. The highest BCUT2D eigenvalue weighted by Crippen LogP contribution is 2.14. The monoisotopic (exact) mass is 122 g/mol. The molecule has 0 aromatic heterocycles. The first-order valence-corrected chi connectivity index (χ1v) is 3.42. The van der Waals surface area contributed by atoms with Gasteiger partial charge in [0.2, 0.25) is 0 Å². The summed E-state index contributed by atoms with van der Waals surface area (Å²) in [4.78, 5) is 6.57. The molecule has 0 atom stereocenters. The van der Waals surface area contributed by atoms with Gasteiger partial charge in [-0.3, -0.25) is 4.99 Å². The Balaban J connectivity index is 2.24. The van der Waals surface area contributed by atoms with Gasteiger partial charge in [-0.2, -0.15) is 0 Å². The number of fused-ring (bicyclic) bond motifs is 1. The van der Waals surface area contributed by atoms with Crippen LogP contribution in [0.5, 0.6) is 0 Å². The molecule has 9 heavy (non-hydrogen) atoms. The SMILES string of the molecule is C1=NCCN2CCC=C12. The second-order valence-corrected chi connectivity index (χ2v) is 2.44. The molecule has 0 aromatic rings. The van der Waals surface area contributed by atoms with E-state index in [1.807, 2.05) is 6.21 Å². The lowest BCUT2D eigenvalue weighted by Crippen LogP contribution is -2.26. The number of rotatable bonds is 0. The molecule has 0 bridgehead atoms. The zero-order chi connectivity index (χ0) is 6.10. The lowest BCUT2D eigenvalue weighted by Gasteiger charge is -2.21. The van der Waals surface area contributed by atoms with Gasteiger partial charge in [0.15, 0.2) is 0 Å². The van der Waals surface area contributed by atoms with Crippen LogP contribution in [0.1, 0.15) is 6.42 Å². The van der Waals surface area contributed by atoms with Crippen LogP contribution in [0.3, 0.4) is 0 Å². The third kappa shape index (κ3) is 0.745. The predicted molar refractivity (Wildman–Crippen MR) is 37.6 cm³/mol. The van der Waals surface area contributed by atoms with Crippen LogP contribution in [-0.2, 0) is 0 Å². The summed E-state index contributed by atoms with van der Waals surface area (Å²) in [5.41, 5.74) is 1.33. The largest absolute Gasteiger partial charge is 0.368 e. The molecule has 0 saturated heterocycles. The fourth-order valence-corrected chi connectivity index (χ4v) is 1.34.